The molecule has 2 aliphatic heterocycles. The Morgan fingerprint density at radius 2 is 1.70 bits per heavy atom. The number of carbonyl (C=O) groups excluding carboxylic acids is 1. The first-order valence-electron chi connectivity index (χ1n) is 12.1. The molecule has 2 aromatic carbocycles. The van der Waals surface area contributed by atoms with E-state index >= 15 is 0 Å². The number of ether oxygens (including phenoxy) is 4. The van der Waals surface area contributed by atoms with Gasteiger partial charge in [0.15, 0.2) is 0 Å². The molecule has 0 bridgehead atoms. The van der Waals surface area contributed by atoms with Gasteiger partial charge >= 0.3 is 0 Å². The zero-order valence-electron chi connectivity index (χ0n) is 21.1. The first kappa shape index (κ1) is 24.8. The second kappa shape index (κ2) is 10.6. The fraction of sp³-hybridized carbons (Fsp3) is 0.370. The van der Waals surface area contributed by atoms with Crippen molar-refractivity contribution in [2.45, 2.75) is 19.9 Å². The van der Waals surface area contributed by atoms with Gasteiger partial charge in [0, 0.05) is 37.7 Å². The molecular weight excluding hydrogens is 479 g/mol. The van der Waals surface area contributed by atoms with E-state index in [1.165, 1.54) is 6.07 Å². The van der Waals surface area contributed by atoms with Crippen LogP contribution in [0, 0.1) is 12.7 Å². The Balaban J connectivity index is 1.49. The van der Waals surface area contributed by atoms with Crippen molar-refractivity contribution in [1.82, 2.24) is 14.9 Å². The van der Waals surface area contributed by atoms with Crippen LogP contribution < -0.4 is 19.1 Å². The number of nitrogens with zero attached hydrogens (tertiary/aromatic N) is 4. The number of anilines is 1. The van der Waals surface area contributed by atoms with Crippen LogP contribution in [0.2, 0.25) is 0 Å². The first-order valence-corrected chi connectivity index (χ1v) is 12.1. The summed E-state index contributed by atoms with van der Waals surface area (Å²) in [5, 5.41) is 0. The Labute approximate surface area is 214 Å². The molecule has 1 amide bonds. The Morgan fingerprint density at radius 1 is 0.973 bits per heavy atom. The van der Waals surface area contributed by atoms with Gasteiger partial charge in [0.1, 0.15) is 23.1 Å². The molecule has 1 aromatic heterocycles. The number of carbonyl (C=O) groups is 1. The molecule has 1 fully saturated rings. The van der Waals surface area contributed by atoms with Crippen molar-refractivity contribution in [3.8, 4) is 23.1 Å². The van der Waals surface area contributed by atoms with Crippen molar-refractivity contribution in [3.05, 3.63) is 64.6 Å². The van der Waals surface area contributed by atoms with Crippen molar-refractivity contribution in [1.29, 1.82) is 0 Å². The van der Waals surface area contributed by atoms with Crippen LogP contribution in [0.4, 0.5) is 10.3 Å². The summed E-state index contributed by atoms with van der Waals surface area (Å²) >= 11 is 0. The molecule has 10 heteroatoms. The van der Waals surface area contributed by atoms with Crippen LogP contribution in [0.15, 0.2) is 36.4 Å². The number of aromatic nitrogens is 2. The van der Waals surface area contributed by atoms with Crippen molar-refractivity contribution in [2.24, 2.45) is 0 Å². The number of hydrogen-bond acceptors (Lipinski definition) is 8. The lowest BCUT2D eigenvalue weighted by atomic mass is 10.0. The van der Waals surface area contributed by atoms with Crippen molar-refractivity contribution in [2.75, 3.05) is 52.0 Å². The van der Waals surface area contributed by atoms with E-state index < -0.39 is 0 Å². The van der Waals surface area contributed by atoms with Gasteiger partial charge in [-0.25, -0.2) is 9.37 Å². The highest BCUT2D eigenvalue weighted by Crippen LogP contribution is 2.33. The lowest BCUT2D eigenvalue weighted by Crippen LogP contribution is -2.39. The van der Waals surface area contributed by atoms with Gasteiger partial charge < -0.3 is 28.7 Å². The third kappa shape index (κ3) is 5.29. The minimum absolute atomic E-state index is 0.163. The summed E-state index contributed by atoms with van der Waals surface area (Å²) in [6, 6.07) is 9.67. The summed E-state index contributed by atoms with van der Waals surface area (Å²) in [4.78, 5) is 26.9. The number of hydrogen-bond donors (Lipinski definition) is 0. The minimum atomic E-state index is -0.309. The minimum Gasteiger partial charge on any atom is -0.497 e. The molecule has 5 rings (SSSR count). The number of morpholine rings is 1. The summed E-state index contributed by atoms with van der Waals surface area (Å²) in [6.07, 6.45) is 0.543. The highest BCUT2D eigenvalue weighted by Gasteiger charge is 2.29. The van der Waals surface area contributed by atoms with Gasteiger partial charge in [-0.2, -0.15) is 4.98 Å². The van der Waals surface area contributed by atoms with Crippen LogP contribution in [0.5, 0.6) is 23.1 Å². The molecule has 0 radical (unpaired) electrons. The number of aryl methyl sites for hydroxylation is 1. The van der Waals surface area contributed by atoms with Crippen molar-refractivity contribution in [3.63, 3.8) is 0 Å². The number of amides is 1. The van der Waals surface area contributed by atoms with Crippen LogP contribution >= 0.6 is 0 Å². The predicted molar refractivity (Wildman–Crippen MR) is 134 cm³/mol. The average Bonchev–Trinajstić information content (AvgIpc) is 2.94. The zero-order valence-corrected chi connectivity index (χ0v) is 21.1. The van der Waals surface area contributed by atoms with Crippen LogP contribution in [0.25, 0.3) is 0 Å². The lowest BCUT2D eigenvalue weighted by Gasteiger charge is -2.32. The molecule has 1 saturated heterocycles. The van der Waals surface area contributed by atoms with Gasteiger partial charge in [-0.3, -0.25) is 4.79 Å². The van der Waals surface area contributed by atoms with E-state index in [1.54, 1.807) is 56.4 Å². The molecule has 194 valence electrons. The third-order valence-electron chi connectivity index (χ3n) is 6.53. The summed E-state index contributed by atoms with van der Waals surface area (Å²) in [5.41, 5.74) is 2.49. The second-order valence-corrected chi connectivity index (χ2v) is 8.94. The van der Waals surface area contributed by atoms with Crippen LogP contribution in [-0.2, 0) is 17.7 Å². The van der Waals surface area contributed by atoms with E-state index in [-0.39, 0.29) is 18.3 Å². The maximum Gasteiger partial charge on any atom is 0.254 e. The SMILES string of the molecule is COc1cc(OC)cc(C(=O)N2CCc3nc(N4CCOCC4)nc(Oc4ccc(F)c(C)c4)c3C2)c1. The van der Waals surface area contributed by atoms with Gasteiger partial charge in [-0.05, 0) is 42.8 Å². The molecule has 0 unspecified atom stereocenters. The fourth-order valence-electron chi connectivity index (χ4n) is 4.44. The van der Waals surface area contributed by atoms with Crippen LogP contribution in [0.1, 0.15) is 27.2 Å². The number of benzene rings is 2. The molecule has 3 heterocycles. The highest BCUT2D eigenvalue weighted by molar-refractivity contribution is 5.95. The number of fused-ring (bicyclic) bond motifs is 1. The predicted octanol–water partition coefficient (Wildman–Crippen LogP) is 3.77. The van der Waals surface area contributed by atoms with E-state index in [0.29, 0.717) is 79.5 Å². The highest BCUT2D eigenvalue weighted by atomic mass is 19.1. The fourth-order valence-corrected chi connectivity index (χ4v) is 4.44. The van der Waals surface area contributed by atoms with Gasteiger partial charge in [-0.15, -0.1) is 0 Å². The van der Waals surface area contributed by atoms with E-state index in [4.69, 9.17) is 28.9 Å². The standard InChI is InChI=1S/C27H29FN4O5/c1-17-12-19(4-5-23(17)28)37-25-22-16-32(26(33)18-13-20(34-2)15-21(14-18)35-3)7-6-24(22)29-27(30-25)31-8-10-36-11-9-31/h4-5,12-15H,6-11,16H2,1-3H3. The molecular formula is C27H29FN4O5. The molecule has 0 saturated carbocycles. The molecule has 0 spiro atoms. The first-order chi connectivity index (χ1) is 17.9. The Morgan fingerprint density at radius 3 is 2.38 bits per heavy atom. The molecule has 0 aliphatic carbocycles. The maximum absolute atomic E-state index is 13.9. The average molecular weight is 509 g/mol. The van der Waals surface area contributed by atoms with E-state index in [2.05, 4.69) is 4.90 Å². The summed E-state index contributed by atoms with van der Waals surface area (Å²) in [6.45, 7) is 4.98. The monoisotopic (exact) mass is 508 g/mol. The molecule has 3 aromatic rings. The van der Waals surface area contributed by atoms with E-state index in [0.717, 1.165) is 11.3 Å². The van der Waals surface area contributed by atoms with E-state index in [1.807, 2.05) is 0 Å². The molecule has 9 nitrogen and oxygen atoms in total. The topological polar surface area (TPSA) is 86.3 Å². The Kier molecular flexibility index (Phi) is 7.09. The van der Waals surface area contributed by atoms with Gasteiger partial charge in [0.25, 0.3) is 5.91 Å². The number of methoxy groups -OCH3 is 2. The molecule has 0 atom stereocenters. The number of rotatable bonds is 6. The van der Waals surface area contributed by atoms with Crippen LogP contribution in [0.3, 0.4) is 0 Å². The van der Waals surface area contributed by atoms with Crippen molar-refractivity contribution >= 4 is 11.9 Å². The quantitative estimate of drug-likeness (QED) is 0.498. The largest absolute Gasteiger partial charge is 0.497 e. The van der Waals surface area contributed by atoms with Crippen LogP contribution in [-0.4, -0.2) is 67.8 Å². The van der Waals surface area contributed by atoms with Crippen molar-refractivity contribution < 1.29 is 28.1 Å². The number of halogens is 1. The zero-order chi connectivity index (χ0) is 25.9. The smallest absolute Gasteiger partial charge is 0.254 e. The van der Waals surface area contributed by atoms with Gasteiger partial charge in [0.05, 0.1) is 45.2 Å². The summed E-state index contributed by atoms with van der Waals surface area (Å²) < 4.78 is 36.2. The third-order valence-corrected chi connectivity index (χ3v) is 6.53. The Bertz CT molecular complexity index is 1290. The summed E-state index contributed by atoms with van der Waals surface area (Å²) in [5.74, 6) is 1.99. The van der Waals surface area contributed by atoms with E-state index in [9.17, 15) is 9.18 Å². The maximum atomic E-state index is 13.9. The molecule has 2 aliphatic rings. The second-order valence-electron chi connectivity index (χ2n) is 8.94. The summed E-state index contributed by atoms with van der Waals surface area (Å²) in [7, 11) is 3.09. The molecule has 37 heavy (non-hydrogen) atoms. The lowest BCUT2D eigenvalue weighted by molar-refractivity contribution is 0.0731. The molecule has 0 N–H and O–H groups in total. The van der Waals surface area contributed by atoms with Gasteiger partial charge in [0.2, 0.25) is 11.8 Å². The van der Waals surface area contributed by atoms with Gasteiger partial charge in [-0.1, -0.05) is 0 Å². The normalized spacial score (nSPS) is 15.2. The Hall–Kier alpha value is -3.92.